The van der Waals surface area contributed by atoms with Gasteiger partial charge in [-0.3, -0.25) is 0 Å². The van der Waals surface area contributed by atoms with E-state index in [1.807, 2.05) is 0 Å². The molecule has 1 radical (unpaired) electrons. The van der Waals surface area contributed by atoms with Gasteiger partial charge in [0.2, 0.25) is 0 Å². The molecule has 1 unspecified atom stereocenters. The van der Waals surface area contributed by atoms with Crippen molar-refractivity contribution in [3.63, 3.8) is 0 Å². The lowest BCUT2D eigenvalue weighted by molar-refractivity contribution is 0.105. The van der Waals surface area contributed by atoms with Crippen molar-refractivity contribution in [2.75, 3.05) is 0 Å². The van der Waals surface area contributed by atoms with Crippen LogP contribution in [-0.4, -0.2) is 10.2 Å². The lowest BCUT2D eigenvalue weighted by atomic mass is 10.4. The van der Waals surface area contributed by atoms with Crippen molar-refractivity contribution in [1.29, 1.82) is 0 Å². The molecule has 1 heterocycles. The van der Waals surface area contributed by atoms with E-state index < -0.39 is 6.10 Å². The summed E-state index contributed by atoms with van der Waals surface area (Å²) in [7, 11) is 0. The Balaban J connectivity index is 2.77. The SMILES string of the molecule is CC([O])c1nncs1. The molecule has 0 saturated heterocycles. The van der Waals surface area contributed by atoms with Gasteiger partial charge in [-0.2, -0.15) is 0 Å². The van der Waals surface area contributed by atoms with Gasteiger partial charge in [-0.1, -0.05) is 0 Å². The minimum absolute atomic E-state index is 0.560. The minimum atomic E-state index is -0.720. The fourth-order valence-electron chi connectivity index (χ4n) is 0.359. The van der Waals surface area contributed by atoms with E-state index in [2.05, 4.69) is 10.2 Å². The second-order valence-electron chi connectivity index (χ2n) is 1.42. The maximum Gasteiger partial charge on any atom is 0.149 e. The van der Waals surface area contributed by atoms with Crippen LogP contribution in [-0.2, 0) is 5.11 Å². The van der Waals surface area contributed by atoms with Gasteiger partial charge in [0, 0.05) is 0 Å². The van der Waals surface area contributed by atoms with Crippen LogP contribution in [0.1, 0.15) is 18.0 Å². The molecule has 1 aromatic heterocycles. The first-order chi connectivity index (χ1) is 3.80. The average molecular weight is 129 g/mol. The van der Waals surface area contributed by atoms with Crippen molar-refractivity contribution in [3.8, 4) is 0 Å². The van der Waals surface area contributed by atoms with Crippen LogP contribution in [0.15, 0.2) is 5.51 Å². The molecule has 0 aliphatic carbocycles. The Hall–Kier alpha value is -0.480. The predicted octanol–water partition coefficient (Wildman–Crippen LogP) is 1.03. The number of nitrogens with zero attached hydrogens (tertiary/aromatic N) is 2. The molecular formula is C4H5N2OS. The molecule has 1 atom stereocenters. The van der Waals surface area contributed by atoms with Crippen LogP contribution in [0.4, 0.5) is 0 Å². The molecule has 0 aliphatic heterocycles. The van der Waals surface area contributed by atoms with Crippen molar-refractivity contribution in [2.45, 2.75) is 13.0 Å². The van der Waals surface area contributed by atoms with Crippen molar-refractivity contribution in [1.82, 2.24) is 10.2 Å². The molecule has 0 N–H and O–H groups in total. The Labute approximate surface area is 51.0 Å². The number of rotatable bonds is 1. The van der Waals surface area contributed by atoms with Gasteiger partial charge in [0.1, 0.15) is 16.6 Å². The number of aromatic nitrogens is 2. The molecule has 0 amide bonds. The zero-order valence-electron chi connectivity index (χ0n) is 4.37. The molecule has 43 valence electrons. The summed E-state index contributed by atoms with van der Waals surface area (Å²) in [6, 6.07) is 0. The topological polar surface area (TPSA) is 45.7 Å². The molecule has 0 aliphatic rings. The summed E-state index contributed by atoms with van der Waals surface area (Å²) in [5.41, 5.74) is 1.56. The lowest BCUT2D eigenvalue weighted by Gasteiger charge is -1.88. The monoisotopic (exact) mass is 129 g/mol. The van der Waals surface area contributed by atoms with Gasteiger partial charge < -0.3 is 0 Å². The highest BCUT2D eigenvalue weighted by Crippen LogP contribution is 2.12. The normalized spacial score (nSPS) is 13.8. The maximum atomic E-state index is 10.5. The second-order valence-corrected chi connectivity index (χ2v) is 2.28. The van der Waals surface area contributed by atoms with Crippen LogP contribution in [0.3, 0.4) is 0 Å². The van der Waals surface area contributed by atoms with E-state index in [0.717, 1.165) is 0 Å². The van der Waals surface area contributed by atoms with Crippen LogP contribution in [0.2, 0.25) is 0 Å². The minimum Gasteiger partial charge on any atom is -0.226 e. The fraction of sp³-hybridized carbons (Fsp3) is 0.500. The van der Waals surface area contributed by atoms with Crippen LogP contribution < -0.4 is 0 Å². The van der Waals surface area contributed by atoms with Crippen LogP contribution >= 0.6 is 11.3 Å². The second kappa shape index (κ2) is 2.19. The highest BCUT2D eigenvalue weighted by Gasteiger charge is 2.03. The van der Waals surface area contributed by atoms with Gasteiger partial charge in [-0.05, 0) is 6.92 Å². The lowest BCUT2D eigenvalue weighted by Crippen LogP contribution is -1.85. The van der Waals surface area contributed by atoms with Gasteiger partial charge in [-0.25, -0.2) is 5.11 Å². The van der Waals surface area contributed by atoms with E-state index in [0.29, 0.717) is 5.01 Å². The first-order valence-corrected chi connectivity index (χ1v) is 3.10. The summed E-state index contributed by atoms with van der Waals surface area (Å²) in [6.45, 7) is 1.56. The van der Waals surface area contributed by atoms with Crippen LogP contribution in [0.5, 0.6) is 0 Å². The Morgan fingerprint density at radius 2 is 2.62 bits per heavy atom. The molecule has 3 nitrogen and oxygen atoms in total. The quantitative estimate of drug-likeness (QED) is 0.568. The summed E-state index contributed by atoms with van der Waals surface area (Å²) >= 11 is 1.30. The summed E-state index contributed by atoms with van der Waals surface area (Å²) in [5.74, 6) is 0. The third-order valence-corrected chi connectivity index (χ3v) is 1.58. The van der Waals surface area contributed by atoms with E-state index in [9.17, 15) is 5.11 Å². The Bertz CT molecular complexity index is 149. The smallest absolute Gasteiger partial charge is 0.149 e. The van der Waals surface area contributed by atoms with E-state index in [1.165, 1.54) is 11.3 Å². The van der Waals surface area contributed by atoms with Gasteiger partial charge in [-0.15, -0.1) is 21.5 Å². The molecule has 8 heavy (non-hydrogen) atoms. The van der Waals surface area contributed by atoms with E-state index in [4.69, 9.17) is 0 Å². The van der Waals surface area contributed by atoms with Crippen molar-refractivity contribution >= 4 is 11.3 Å². The zero-order valence-corrected chi connectivity index (χ0v) is 5.18. The Morgan fingerprint density at radius 3 is 2.88 bits per heavy atom. The summed E-state index contributed by atoms with van der Waals surface area (Å²) < 4.78 is 0. The first kappa shape index (κ1) is 5.65. The standard InChI is InChI=1S/C4H5N2OS/c1-3(7)4-6-5-2-8-4/h2-3H,1H3. The van der Waals surface area contributed by atoms with Crippen molar-refractivity contribution < 1.29 is 5.11 Å². The molecule has 0 spiro atoms. The molecular weight excluding hydrogens is 124 g/mol. The van der Waals surface area contributed by atoms with E-state index >= 15 is 0 Å². The van der Waals surface area contributed by atoms with Gasteiger partial charge >= 0.3 is 0 Å². The van der Waals surface area contributed by atoms with Gasteiger partial charge in [0.25, 0.3) is 0 Å². The molecule has 0 saturated carbocycles. The average Bonchev–Trinajstić information content (AvgIpc) is 2.12. The molecule has 1 rings (SSSR count). The van der Waals surface area contributed by atoms with E-state index in [-0.39, 0.29) is 0 Å². The van der Waals surface area contributed by atoms with Gasteiger partial charge in [0.15, 0.2) is 0 Å². The van der Waals surface area contributed by atoms with Crippen LogP contribution in [0, 0.1) is 0 Å². The summed E-state index contributed by atoms with van der Waals surface area (Å²) in [4.78, 5) is 0. The van der Waals surface area contributed by atoms with Crippen LogP contribution in [0.25, 0.3) is 0 Å². The summed E-state index contributed by atoms with van der Waals surface area (Å²) in [6.07, 6.45) is -0.720. The van der Waals surface area contributed by atoms with Gasteiger partial charge in [0.05, 0.1) is 0 Å². The third kappa shape index (κ3) is 1.02. The highest BCUT2D eigenvalue weighted by atomic mass is 32.1. The molecule has 4 heteroatoms. The largest absolute Gasteiger partial charge is 0.226 e. The third-order valence-electron chi connectivity index (χ3n) is 0.725. The van der Waals surface area contributed by atoms with Crippen molar-refractivity contribution in [2.24, 2.45) is 0 Å². The highest BCUT2D eigenvalue weighted by molar-refractivity contribution is 7.09. The zero-order chi connectivity index (χ0) is 5.98. The number of hydrogen-bond donors (Lipinski definition) is 0. The molecule has 0 bridgehead atoms. The fourth-order valence-corrected chi connectivity index (χ4v) is 0.847. The number of hydrogen-bond acceptors (Lipinski definition) is 3. The maximum absolute atomic E-state index is 10.5. The molecule has 0 fully saturated rings. The molecule has 0 aromatic carbocycles. The Morgan fingerprint density at radius 1 is 1.88 bits per heavy atom. The first-order valence-electron chi connectivity index (χ1n) is 2.22. The Kier molecular flexibility index (Phi) is 1.55. The molecule has 1 aromatic rings. The van der Waals surface area contributed by atoms with E-state index in [1.54, 1.807) is 12.4 Å². The summed E-state index contributed by atoms with van der Waals surface area (Å²) in [5, 5.41) is 18.1. The predicted molar refractivity (Wildman–Crippen MR) is 29.0 cm³/mol. The van der Waals surface area contributed by atoms with Crippen molar-refractivity contribution in [3.05, 3.63) is 10.5 Å².